The van der Waals surface area contributed by atoms with Gasteiger partial charge in [0.2, 0.25) is 0 Å². The van der Waals surface area contributed by atoms with Crippen molar-refractivity contribution in [2.24, 2.45) is 0 Å². The van der Waals surface area contributed by atoms with Crippen LogP contribution in [0.2, 0.25) is 0 Å². The van der Waals surface area contributed by atoms with E-state index < -0.39 is 7.60 Å². The fraction of sp³-hybridized carbons (Fsp3) is 0.833. The van der Waals surface area contributed by atoms with Crippen molar-refractivity contribution in [3.8, 4) is 0 Å². The molecular formula is C12H22BrO3P. The predicted molar refractivity (Wildman–Crippen MR) is 74.5 cm³/mol. The van der Waals surface area contributed by atoms with Gasteiger partial charge in [0, 0.05) is 4.48 Å². The standard InChI is InChI=1S/C12H22BrO3P/c1-4-7-9-11-12(13)10(8-5-2)16-17(11,14)15-6-3/h10H,4-9H2,1-3H3/t10-,17+/m0/s1. The zero-order valence-electron chi connectivity index (χ0n) is 10.9. The minimum Gasteiger partial charge on any atom is -0.306 e. The molecule has 100 valence electrons. The van der Waals surface area contributed by atoms with E-state index in [0.717, 1.165) is 41.9 Å². The third-order valence-corrected chi connectivity index (χ3v) is 6.32. The maximum Gasteiger partial charge on any atom is 0.358 e. The summed E-state index contributed by atoms with van der Waals surface area (Å²) in [5.41, 5.74) is 0. The largest absolute Gasteiger partial charge is 0.358 e. The Morgan fingerprint density at radius 2 is 2.06 bits per heavy atom. The molecule has 0 radical (unpaired) electrons. The van der Waals surface area contributed by atoms with Crippen molar-refractivity contribution in [2.45, 2.75) is 59.0 Å². The first-order valence-electron chi connectivity index (χ1n) is 6.41. The molecule has 0 spiro atoms. The van der Waals surface area contributed by atoms with E-state index in [1.54, 1.807) is 0 Å². The van der Waals surface area contributed by atoms with Crippen molar-refractivity contribution in [3.63, 3.8) is 0 Å². The second-order valence-corrected chi connectivity index (χ2v) is 7.05. The lowest BCUT2D eigenvalue weighted by molar-refractivity contribution is 0.186. The van der Waals surface area contributed by atoms with Gasteiger partial charge in [0.25, 0.3) is 0 Å². The highest BCUT2D eigenvalue weighted by Gasteiger charge is 2.42. The molecule has 0 bridgehead atoms. The number of allylic oxidation sites excluding steroid dienone is 1. The Morgan fingerprint density at radius 3 is 2.59 bits per heavy atom. The first-order valence-corrected chi connectivity index (χ1v) is 8.74. The van der Waals surface area contributed by atoms with E-state index in [4.69, 9.17) is 9.05 Å². The molecular weight excluding hydrogens is 303 g/mol. The molecule has 0 unspecified atom stereocenters. The minimum atomic E-state index is -3.02. The summed E-state index contributed by atoms with van der Waals surface area (Å²) in [6.45, 7) is 6.49. The second kappa shape index (κ2) is 7.08. The summed E-state index contributed by atoms with van der Waals surface area (Å²) in [6, 6.07) is 0. The van der Waals surface area contributed by atoms with E-state index in [1.807, 2.05) is 6.92 Å². The van der Waals surface area contributed by atoms with Crippen LogP contribution in [0.1, 0.15) is 52.9 Å². The third kappa shape index (κ3) is 3.66. The Morgan fingerprint density at radius 1 is 1.35 bits per heavy atom. The zero-order valence-corrected chi connectivity index (χ0v) is 13.4. The van der Waals surface area contributed by atoms with Gasteiger partial charge in [-0.15, -0.1) is 0 Å². The summed E-state index contributed by atoms with van der Waals surface area (Å²) in [4.78, 5) is 0. The number of hydrogen-bond acceptors (Lipinski definition) is 3. The van der Waals surface area contributed by atoms with Gasteiger partial charge in [-0.2, -0.15) is 0 Å². The normalized spacial score (nSPS) is 29.1. The van der Waals surface area contributed by atoms with E-state index in [1.165, 1.54) is 0 Å². The topological polar surface area (TPSA) is 35.5 Å². The highest BCUT2D eigenvalue weighted by atomic mass is 79.9. The lowest BCUT2D eigenvalue weighted by atomic mass is 10.1. The number of rotatable bonds is 7. The van der Waals surface area contributed by atoms with Crippen LogP contribution in [-0.4, -0.2) is 12.7 Å². The van der Waals surface area contributed by atoms with Gasteiger partial charge in [-0.3, -0.25) is 9.09 Å². The van der Waals surface area contributed by atoms with Crippen LogP contribution >= 0.6 is 23.5 Å². The monoisotopic (exact) mass is 324 g/mol. The first kappa shape index (κ1) is 15.4. The molecule has 3 nitrogen and oxygen atoms in total. The average Bonchev–Trinajstić information content (AvgIpc) is 2.50. The molecule has 0 aliphatic carbocycles. The Balaban J connectivity index is 2.89. The SMILES string of the molecule is CCCCC1=C(Br)[C@H](CCC)O[P@]1(=O)OCC. The van der Waals surface area contributed by atoms with E-state index in [0.29, 0.717) is 6.61 Å². The van der Waals surface area contributed by atoms with Gasteiger partial charge in [0.1, 0.15) is 0 Å². The summed E-state index contributed by atoms with van der Waals surface area (Å²) in [5, 5.41) is 0.861. The second-order valence-electron chi connectivity index (χ2n) is 4.20. The van der Waals surface area contributed by atoms with Crippen LogP contribution in [-0.2, 0) is 13.6 Å². The highest BCUT2D eigenvalue weighted by Crippen LogP contribution is 2.66. The van der Waals surface area contributed by atoms with Crippen LogP contribution in [0.5, 0.6) is 0 Å². The van der Waals surface area contributed by atoms with Crippen molar-refractivity contribution >= 4 is 23.5 Å². The van der Waals surface area contributed by atoms with Gasteiger partial charge in [0.15, 0.2) is 0 Å². The van der Waals surface area contributed by atoms with Gasteiger partial charge < -0.3 is 4.52 Å². The van der Waals surface area contributed by atoms with E-state index in [9.17, 15) is 4.57 Å². The summed E-state index contributed by atoms with van der Waals surface area (Å²) < 4.78 is 24.6. The van der Waals surface area contributed by atoms with Gasteiger partial charge in [-0.05, 0) is 26.2 Å². The Hall–Kier alpha value is 0.370. The maximum absolute atomic E-state index is 12.6. The summed E-state index contributed by atoms with van der Waals surface area (Å²) in [6.07, 6.45) is 4.71. The Kier molecular flexibility index (Phi) is 6.43. The fourth-order valence-electron chi connectivity index (χ4n) is 1.91. The van der Waals surface area contributed by atoms with Crippen molar-refractivity contribution in [1.82, 2.24) is 0 Å². The number of halogens is 1. The Bertz CT molecular complexity index is 328. The van der Waals surface area contributed by atoms with Gasteiger partial charge in [0.05, 0.1) is 18.0 Å². The zero-order chi connectivity index (χ0) is 12.9. The molecule has 1 heterocycles. The van der Waals surface area contributed by atoms with E-state index in [-0.39, 0.29) is 6.10 Å². The van der Waals surface area contributed by atoms with Crippen LogP contribution in [0, 0.1) is 0 Å². The number of hydrogen-bond donors (Lipinski definition) is 0. The Labute approximate surface area is 113 Å². The molecule has 0 saturated carbocycles. The van der Waals surface area contributed by atoms with Gasteiger partial charge in [-0.25, -0.2) is 0 Å². The fourth-order valence-corrected chi connectivity index (χ4v) is 5.30. The maximum atomic E-state index is 12.6. The van der Waals surface area contributed by atoms with Crippen LogP contribution in [0.3, 0.4) is 0 Å². The smallest absolute Gasteiger partial charge is 0.306 e. The van der Waals surface area contributed by atoms with E-state index in [2.05, 4.69) is 29.8 Å². The van der Waals surface area contributed by atoms with Crippen molar-refractivity contribution in [1.29, 1.82) is 0 Å². The quantitative estimate of drug-likeness (QED) is 0.603. The van der Waals surface area contributed by atoms with E-state index >= 15 is 0 Å². The van der Waals surface area contributed by atoms with Crippen LogP contribution < -0.4 is 0 Å². The molecule has 1 aliphatic heterocycles. The molecule has 0 fully saturated rings. The molecule has 0 saturated heterocycles. The van der Waals surface area contributed by atoms with Crippen LogP contribution in [0.4, 0.5) is 0 Å². The minimum absolute atomic E-state index is 0.0794. The van der Waals surface area contributed by atoms with Gasteiger partial charge in [-0.1, -0.05) is 42.6 Å². The molecule has 0 amide bonds. The first-order chi connectivity index (χ1) is 8.09. The number of unbranched alkanes of at least 4 members (excludes halogenated alkanes) is 1. The predicted octanol–water partition coefficient (Wildman–Crippen LogP) is 5.21. The molecule has 2 atom stereocenters. The summed E-state index contributed by atoms with van der Waals surface area (Å²) in [7, 11) is -3.02. The van der Waals surface area contributed by atoms with Crippen molar-refractivity contribution < 1.29 is 13.6 Å². The lowest BCUT2D eigenvalue weighted by Gasteiger charge is -2.16. The molecule has 17 heavy (non-hydrogen) atoms. The third-order valence-electron chi connectivity index (χ3n) is 2.77. The summed E-state index contributed by atoms with van der Waals surface area (Å²) >= 11 is 3.55. The van der Waals surface area contributed by atoms with Crippen LogP contribution in [0.25, 0.3) is 0 Å². The molecule has 0 aromatic rings. The molecule has 0 N–H and O–H groups in total. The van der Waals surface area contributed by atoms with Crippen molar-refractivity contribution in [2.75, 3.05) is 6.61 Å². The molecule has 0 aromatic heterocycles. The van der Waals surface area contributed by atoms with Gasteiger partial charge >= 0.3 is 7.60 Å². The average molecular weight is 325 g/mol. The highest BCUT2D eigenvalue weighted by molar-refractivity contribution is 9.11. The molecule has 0 aromatic carbocycles. The van der Waals surface area contributed by atoms with Crippen molar-refractivity contribution in [3.05, 3.63) is 9.80 Å². The van der Waals surface area contributed by atoms with Crippen LogP contribution in [0.15, 0.2) is 9.80 Å². The molecule has 1 aliphatic rings. The summed E-state index contributed by atoms with van der Waals surface area (Å²) in [5.74, 6) is 0. The lowest BCUT2D eigenvalue weighted by Crippen LogP contribution is -2.05. The molecule has 5 heteroatoms. The molecule has 1 rings (SSSR count).